The zero-order valence-corrected chi connectivity index (χ0v) is 12.0. The van der Waals surface area contributed by atoms with Crippen LogP contribution in [0.3, 0.4) is 0 Å². The van der Waals surface area contributed by atoms with E-state index in [9.17, 15) is 0 Å². The molecule has 0 aromatic heterocycles. The summed E-state index contributed by atoms with van der Waals surface area (Å²) in [5, 5.41) is 7.04. The summed E-state index contributed by atoms with van der Waals surface area (Å²) >= 11 is 5.23. The molecule has 0 amide bonds. The second-order valence-electron chi connectivity index (χ2n) is 4.55. The van der Waals surface area contributed by atoms with Crippen molar-refractivity contribution in [3.63, 3.8) is 0 Å². The standard InChI is InChI=1S/C14H20N2O2S/c1-17-12-6-4-11(5-7-12)9-15-14(19)16-10-13-3-2-8-18-13/h4-7,13H,2-3,8-10H2,1H3,(H2,15,16,19). The Balaban J connectivity index is 1.67. The minimum Gasteiger partial charge on any atom is -0.497 e. The summed E-state index contributed by atoms with van der Waals surface area (Å²) in [6, 6.07) is 7.93. The van der Waals surface area contributed by atoms with Crippen LogP contribution in [0.5, 0.6) is 5.75 Å². The summed E-state index contributed by atoms with van der Waals surface area (Å²) in [5.41, 5.74) is 1.17. The molecule has 2 N–H and O–H groups in total. The minimum absolute atomic E-state index is 0.306. The summed E-state index contributed by atoms with van der Waals surface area (Å²) in [7, 11) is 1.66. The number of benzene rings is 1. The van der Waals surface area contributed by atoms with E-state index in [0.29, 0.717) is 17.8 Å². The third-order valence-electron chi connectivity index (χ3n) is 3.13. The normalized spacial score (nSPS) is 18.1. The van der Waals surface area contributed by atoms with Crippen molar-refractivity contribution in [3.8, 4) is 5.75 Å². The van der Waals surface area contributed by atoms with Gasteiger partial charge in [0.15, 0.2) is 5.11 Å². The van der Waals surface area contributed by atoms with Crippen LogP contribution in [0.15, 0.2) is 24.3 Å². The van der Waals surface area contributed by atoms with Crippen LogP contribution in [0.1, 0.15) is 18.4 Å². The predicted molar refractivity (Wildman–Crippen MR) is 79.4 cm³/mol. The molecular weight excluding hydrogens is 260 g/mol. The maximum absolute atomic E-state index is 5.53. The Bertz CT molecular complexity index is 402. The van der Waals surface area contributed by atoms with Gasteiger partial charge in [0, 0.05) is 19.7 Å². The Morgan fingerprint density at radius 1 is 1.37 bits per heavy atom. The van der Waals surface area contributed by atoms with Crippen molar-refractivity contribution in [2.45, 2.75) is 25.5 Å². The summed E-state index contributed by atoms with van der Waals surface area (Å²) in [4.78, 5) is 0. The number of rotatable bonds is 5. The van der Waals surface area contributed by atoms with Gasteiger partial charge in [0.05, 0.1) is 13.2 Å². The molecule has 1 atom stereocenters. The lowest BCUT2D eigenvalue weighted by Gasteiger charge is -2.14. The van der Waals surface area contributed by atoms with Crippen molar-refractivity contribution in [2.24, 2.45) is 0 Å². The summed E-state index contributed by atoms with van der Waals surface area (Å²) in [5.74, 6) is 0.864. The van der Waals surface area contributed by atoms with Gasteiger partial charge in [0.2, 0.25) is 0 Å². The number of nitrogens with one attached hydrogen (secondary N) is 2. The van der Waals surface area contributed by atoms with Crippen LogP contribution in [-0.4, -0.2) is 31.5 Å². The highest BCUT2D eigenvalue weighted by atomic mass is 32.1. The topological polar surface area (TPSA) is 42.5 Å². The van der Waals surface area contributed by atoms with Gasteiger partial charge in [-0.3, -0.25) is 0 Å². The first-order valence-electron chi connectivity index (χ1n) is 6.54. The first kappa shape index (κ1) is 14.1. The molecule has 1 aliphatic heterocycles. The highest BCUT2D eigenvalue weighted by Crippen LogP contribution is 2.11. The van der Waals surface area contributed by atoms with E-state index >= 15 is 0 Å². The van der Waals surface area contributed by atoms with Crippen molar-refractivity contribution in [3.05, 3.63) is 29.8 Å². The molecule has 1 aromatic carbocycles. The molecular formula is C14H20N2O2S. The van der Waals surface area contributed by atoms with Gasteiger partial charge in [0.1, 0.15) is 5.75 Å². The first-order valence-corrected chi connectivity index (χ1v) is 6.95. The van der Waals surface area contributed by atoms with Gasteiger partial charge in [-0.15, -0.1) is 0 Å². The lowest BCUT2D eigenvalue weighted by atomic mass is 10.2. The first-order chi connectivity index (χ1) is 9.28. The molecule has 1 unspecified atom stereocenters. The largest absolute Gasteiger partial charge is 0.497 e. The summed E-state index contributed by atoms with van der Waals surface area (Å²) in [6.07, 6.45) is 2.58. The predicted octanol–water partition coefficient (Wildman–Crippen LogP) is 1.84. The van der Waals surface area contributed by atoms with Crippen molar-refractivity contribution < 1.29 is 9.47 Å². The van der Waals surface area contributed by atoms with E-state index in [4.69, 9.17) is 21.7 Å². The minimum atomic E-state index is 0.306. The van der Waals surface area contributed by atoms with Crippen molar-refractivity contribution >= 4 is 17.3 Å². The Hall–Kier alpha value is -1.33. The van der Waals surface area contributed by atoms with Crippen LogP contribution in [0.25, 0.3) is 0 Å². The highest BCUT2D eigenvalue weighted by Gasteiger charge is 2.14. The molecule has 1 aliphatic rings. The van der Waals surface area contributed by atoms with E-state index in [1.807, 2.05) is 24.3 Å². The van der Waals surface area contributed by atoms with Crippen molar-refractivity contribution in [1.82, 2.24) is 10.6 Å². The van der Waals surface area contributed by atoms with E-state index in [0.717, 1.165) is 31.7 Å². The highest BCUT2D eigenvalue weighted by molar-refractivity contribution is 7.80. The van der Waals surface area contributed by atoms with Crippen LogP contribution in [0.4, 0.5) is 0 Å². The fourth-order valence-corrected chi connectivity index (χ4v) is 2.16. The van der Waals surface area contributed by atoms with Crippen LogP contribution in [0.2, 0.25) is 0 Å². The maximum Gasteiger partial charge on any atom is 0.166 e. The quantitative estimate of drug-likeness (QED) is 0.806. The molecule has 1 fully saturated rings. The monoisotopic (exact) mass is 280 g/mol. The van der Waals surface area contributed by atoms with Crippen LogP contribution < -0.4 is 15.4 Å². The van der Waals surface area contributed by atoms with Gasteiger partial charge < -0.3 is 20.1 Å². The molecule has 5 heteroatoms. The molecule has 1 aromatic rings. The van der Waals surface area contributed by atoms with Gasteiger partial charge in [-0.2, -0.15) is 0 Å². The lowest BCUT2D eigenvalue weighted by molar-refractivity contribution is 0.114. The SMILES string of the molecule is COc1ccc(CNC(=S)NCC2CCCO2)cc1. The Morgan fingerprint density at radius 2 is 2.16 bits per heavy atom. The smallest absolute Gasteiger partial charge is 0.166 e. The summed E-state index contributed by atoms with van der Waals surface area (Å²) in [6.45, 7) is 2.37. The van der Waals surface area contributed by atoms with Gasteiger partial charge in [0.25, 0.3) is 0 Å². The van der Waals surface area contributed by atoms with Gasteiger partial charge in [-0.25, -0.2) is 0 Å². The molecule has 0 saturated carbocycles. The van der Waals surface area contributed by atoms with Gasteiger partial charge in [-0.1, -0.05) is 12.1 Å². The number of thiocarbonyl (C=S) groups is 1. The third kappa shape index (κ3) is 4.69. The fourth-order valence-electron chi connectivity index (χ4n) is 2.00. The average molecular weight is 280 g/mol. The molecule has 0 bridgehead atoms. The van der Waals surface area contributed by atoms with E-state index in [2.05, 4.69) is 10.6 Å². The van der Waals surface area contributed by atoms with E-state index in [1.54, 1.807) is 7.11 Å². The molecule has 0 aliphatic carbocycles. The molecule has 4 nitrogen and oxygen atoms in total. The molecule has 2 rings (SSSR count). The third-order valence-corrected chi connectivity index (χ3v) is 3.42. The summed E-state index contributed by atoms with van der Waals surface area (Å²) < 4.78 is 10.6. The van der Waals surface area contributed by atoms with Crippen LogP contribution >= 0.6 is 12.2 Å². The molecule has 1 heterocycles. The van der Waals surface area contributed by atoms with Crippen molar-refractivity contribution in [1.29, 1.82) is 0 Å². The number of ether oxygens (including phenoxy) is 2. The van der Waals surface area contributed by atoms with E-state index in [-0.39, 0.29) is 0 Å². The van der Waals surface area contributed by atoms with E-state index in [1.165, 1.54) is 5.56 Å². The Morgan fingerprint density at radius 3 is 2.79 bits per heavy atom. The van der Waals surface area contributed by atoms with Crippen LogP contribution in [0, 0.1) is 0 Å². The van der Waals surface area contributed by atoms with Gasteiger partial charge in [-0.05, 0) is 42.8 Å². The maximum atomic E-state index is 5.53. The zero-order chi connectivity index (χ0) is 13.5. The van der Waals surface area contributed by atoms with Gasteiger partial charge >= 0.3 is 0 Å². The number of hydrogen-bond acceptors (Lipinski definition) is 3. The molecule has 19 heavy (non-hydrogen) atoms. The average Bonchev–Trinajstić information content (AvgIpc) is 2.96. The second-order valence-corrected chi connectivity index (χ2v) is 4.95. The molecule has 1 saturated heterocycles. The number of methoxy groups -OCH3 is 1. The van der Waals surface area contributed by atoms with Crippen LogP contribution in [-0.2, 0) is 11.3 Å². The number of hydrogen-bond donors (Lipinski definition) is 2. The Labute approximate surface area is 119 Å². The molecule has 104 valence electrons. The molecule has 0 spiro atoms. The van der Waals surface area contributed by atoms with Crippen molar-refractivity contribution in [2.75, 3.05) is 20.3 Å². The molecule has 0 radical (unpaired) electrons. The fraction of sp³-hybridized carbons (Fsp3) is 0.500. The Kier molecular flexibility index (Phi) is 5.42. The lowest BCUT2D eigenvalue weighted by Crippen LogP contribution is -2.39. The van der Waals surface area contributed by atoms with E-state index < -0.39 is 0 Å². The zero-order valence-electron chi connectivity index (χ0n) is 11.1. The second kappa shape index (κ2) is 7.31.